The number of halogens is 2. The molecule has 0 spiro atoms. The molecular weight excluding hydrogens is 472 g/mol. The molecule has 2 aromatic carbocycles. The van der Waals surface area contributed by atoms with Gasteiger partial charge in [-0.1, -0.05) is 39.3 Å². The molecule has 138 valence electrons. The second-order valence-corrected chi connectivity index (χ2v) is 8.38. The summed E-state index contributed by atoms with van der Waals surface area (Å²) in [7, 11) is 1.55. The number of hydrogen-bond donors (Lipinski definition) is 1. The molecule has 0 aliphatic carbocycles. The lowest BCUT2D eigenvalue weighted by molar-refractivity contribution is -0.123. The number of hydrogen-bond acceptors (Lipinski definition) is 5. The number of carbonyl (C=O) groups is 2. The normalized spacial score (nSPS) is 15.4. The summed E-state index contributed by atoms with van der Waals surface area (Å²) in [6, 6.07) is 11.8. The summed E-state index contributed by atoms with van der Waals surface area (Å²) in [6.45, 7) is 0. The van der Waals surface area contributed by atoms with E-state index in [0.717, 1.165) is 26.8 Å². The van der Waals surface area contributed by atoms with Crippen LogP contribution in [0.1, 0.15) is 15.9 Å². The summed E-state index contributed by atoms with van der Waals surface area (Å²) in [5, 5.41) is 1.58. The average molecular weight is 484 g/mol. The van der Waals surface area contributed by atoms with E-state index < -0.39 is 11.8 Å². The van der Waals surface area contributed by atoms with Crippen LogP contribution in [0.25, 0.3) is 6.08 Å². The Morgan fingerprint density at radius 1 is 1.30 bits per heavy atom. The highest BCUT2D eigenvalue weighted by Crippen LogP contribution is 2.34. The summed E-state index contributed by atoms with van der Waals surface area (Å²) in [5.74, 6) is -0.243. The molecule has 5 nitrogen and oxygen atoms in total. The van der Waals surface area contributed by atoms with Gasteiger partial charge in [-0.05, 0) is 60.8 Å². The highest BCUT2D eigenvalue weighted by atomic mass is 79.9. The topological polar surface area (TPSA) is 58.6 Å². The predicted octanol–water partition coefficient (Wildman–Crippen LogP) is 4.66. The molecule has 0 aromatic heterocycles. The Morgan fingerprint density at radius 2 is 2.00 bits per heavy atom. The lowest BCUT2D eigenvalue weighted by Crippen LogP contribution is -2.44. The van der Waals surface area contributed by atoms with Gasteiger partial charge in [-0.2, -0.15) is 5.01 Å². The smallest absolute Gasteiger partial charge is 0.285 e. The van der Waals surface area contributed by atoms with E-state index in [-0.39, 0.29) is 4.32 Å². The molecule has 27 heavy (non-hydrogen) atoms. The largest absolute Gasteiger partial charge is 0.496 e. The van der Waals surface area contributed by atoms with Crippen LogP contribution in [0.5, 0.6) is 5.75 Å². The molecular formula is C18H12BrClN2O3S2. The first-order valence-electron chi connectivity index (χ1n) is 7.57. The number of benzene rings is 2. The summed E-state index contributed by atoms with van der Waals surface area (Å²) < 4.78 is 6.41. The van der Waals surface area contributed by atoms with Gasteiger partial charge in [0.05, 0.1) is 12.0 Å². The van der Waals surface area contributed by atoms with Crippen molar-refractivity contribution < 1.29 is 14.3 Å². The Morgan fingerprint density at radius 3 is 2.67 bits per heavy atom. The van der Waals surface area contributed by atoms with E-state index in [9.17, 15) is 9.59 Å². The van der Waals surface area contributed by atoms with Crippen molar-refractivity contribution in [3.05, 3.63) is 68.0 Å². The van der Waals surface area contributed by atoms with E-state index in [1.165, 1.54) is 0 Å². The number of rotatable bonds is 4. The molecule has 1 aliphatic heterocycles. The van der Waals surface area contributed by atoms with Gasteiger partial charge in [0.2, 0.25) is 0 Å². The minimum absolute atomic E-state index is 0.238. The molecule has 0 unspecified atom stereocenters. The molecule has 1 saturated heterocycles. The fourth-order valence-corrected chi connectivity index (χ4v) is 3.97. The molecule has 2 aromatic rings. The molecule has 1 N–H and O–H groups in total. The summed E-state index contributed by atoms with van der Waals surface area (Å²) in [5.41, 5.74) is 3.61. The highest BCUT2D eigenvalue weighted by Gasteiger charge is 2.34. The van der Waals surface area contributed by atoms with Crippen molar-refractivity contribution >= 4 is 73.7 Å². The molecule has 3 rings (SSSR count). The van der Waals surface area contributed by atoms with Crippen LogP contribution in [-0.2, 0) is 4.79 Å². The van der Waals surface area contributed by atoms with Gasteiger partial charge in [-0.3, -0.25) is 15.0 Å². The van der Waals surface area contributed by atoms with Crippen molar-refractivity contribution in [1.82, 2.24) is 10.4 Å². The van der Waals surface area contributed by atoms with Crippen molar-refractivity contribution in [3.63, 3.8) is 0 Å². The number of carbonyl (C=O) groups excluding carboxylic acids is 2. The maximum absolute atomic E-state index is 12.7. The van der Waals surface area contributed by atoms with Gasteiger partial charge in [0.25, 0.3) is 11.8 Å². The molecule has 1 heterocycles. The van der Waals surface area contributed by atoms with E-state index in [1.807, 2.05) is 12.1 Å². The Kier molecular flexibility index (Phi) is 6.21. The zero-order valence-corrected chi connectivity index (χ0v) is 17.8. The molecule has 9 heteroatoms. The maximum atomic E-state index is 12.7. The van der Waals surface area contributed by atoms with Crippen LogP contribution in [0.15, 0.2) is 51.8 Å². The van der Waals surface area contributed by atoms with E-state index >= 15 is 0 Å². The summed E-state index contributed by atoms with van der Waals surface area (Å²) in [4.78, 5) is 25.4. The fourth-order valence-electron chi connectivity index (χ4n) is 2.29. The third-order valence-electron chi connectivity index (χ3n) is 3.59. The second-order valence-electron chi connectivity index (χ2n) is 5.35. The van der Waals surface area contributed by atoms with Crippen LogP contribution in [-0.4, -0.2) is 28.3 Å². The lowest BCUT2D eigenvalue weighted by atomic mass is 10.2. The van der Waals surface area contributed by atoms with Crippen LogP contribution in [0.3, 0.4) is 0 Å². The van der Waals surface area contributed by atoms with Gasteiger partial charge < -0.3 is 4.74 Å². The van der Waals surface area contributed by atoms with Gasteiger partial charge >= 0.3 is 0 Å². The van der Waals surface area contributed by atoms with E-state index in [0.29, 0.717) is 21.2 Å². The van der Waals surface area contributed by atoms with Gasteiger partial charge in [0.15, 0.2) is 4.32 Å². The first-order valence-corrected chi connectivity index (χ1v) is 9.96. The second kappa shape index (κ2) is 8.43. The zero-order valence-electron chi connectivity index (χ0n) is 13.9. The number of thioether (sulfide) groups is 1. The van der Waals surface area contributed by atoms with Crippen LogP contribution in [0.2, 0.25) is 5.02 Å². The van der Waals surface area contributed by atoms with Crippen molar-refractivity contribution in [1.29, 1.82) is 0 Å². The molecule has 0 bridgehead atoms. The monoisotopic (exact) mass is 482 g/mol. The van der Waals surface area contributed by atoms with Crippen molar-refractivity contribution in [2.24, 2.45) is 0 Å². The lowest BCUT2D eigenvalue weighted by Gasteiger charge is -2.15. The third kappa shape index (κ3) is 4.52. The average Bonchev–Trinajstić information content (AvgIpc) is 2.90. The number of hydrazine groups is 1. The number of nitrogens with zero attached hydrogens (tertiary/aromatic N) is 1. The SMILES string of the molecule is COc1ccc(Br)cc1/C=C1/SC(=S)N(NC(=O)c2ccc(Cl)cc2)C1=O. The van der Waals surface area contributed by atoms with Crippen molar-refractivity contribution in [3.8, 4) is 5.75 Å². The Labute approximate surface area is 178 Å². The maximum Gasteiger partial charge on any atom is 0.285 e. The minimum Gasteiger partial charge on any atom is -0.496 e. The van der Waals surface area contributed by atoms with Crippen LogP contribution in [0, 0.1) is 0 Å². The Bertz CT molecular complexity index is 964. The quantitative estimate of drug-likeness (QED) is 0.506. The van der Waals surface area contributed by atoms with Gasteiger partial charge in [0, 0.05) is 20.6 Å². The molecule has 0 radical (unpaired) electrons. The minimum atomic E-state index is -0.454. The highest BCUT2D eigenvalue weighted by molar-refractivity contribution is 9.10. The van der Waals surface area contributed by atoms with Crippen LogP contribution >= 0.6 is 51.5 Å². The number of ether oxygens (including phenoxy) is 1. The Balaban J connectivity index is 1.82. The molecule has 2 amide bonds. The number of nitrogens with one attached hydrogen (secondary N) is 1. The zero-order chi connectivity index (χ0) is 19.6. The Hall–Kier alpha value is -1.87. The number of amides is 2. The fraction of sp³-hybridized carbons (Fsp3) is 0.0556. The predicted molar refractivity (Wildman–Crippen MR) is 115 cm³/mol. The van der Waals surface area contributed by atoms with Gasteiger partial charge in [-0.25, -0.2) is 0 Å². The van der Waals surface area contributed by atoms with E-state index in [2.05, 4.69) is 21.4 Å². The van der Waals surface area contributed by atoms with Crippen molar-refractivity contribution in [2.45, 2.75) is 0 Å². The van der Waals surface area contributed by atoms with Gasteiger partial charge in [-0.15, -0.1) is 0 Å². The van der Waals surface area contributed by atoms with Gasteiger partial charge in [0.1, 0.15) is 5.75 Å². The van der Waals surface area contributed by atoms with Crippen molar-refractivity contribution in [2.75, 3.05) is 7.11 Å². The van der Waals surface area contributed by atoms with Crippen LogP contribution < -0.4 is 10.2 Å². The number of thiocarbonyl (C=S) groups is 1. The van der Waals surface area contributed by atoms with E-state index in [1.54, 1.807) is 43.5 Å². The molecule has 1 fully saturated rings. The molecule has 0 atom stereocenters. The standard InChI is InChI=1S/C18H12BrClN2O3S2/c1-25-14-7-4-12(19)8-11(14)9-15-17(24)22(18(26)27-15)21-16(23)10-2-5-13(20)6-3-10/h2-9H,1H3,(H,21,23)/b15-9+. The molecule has 1 aliphatic rings. The summed E-state index contributed by atoms with van der Waals surface area (Å²) in [6.07, 6.45) is 1.68. The summed E-state index contributed by atoms with van der Waals surface area (Å²) >= 11 is 15.6. The first kappa shape index (κ1) is 19.9. The molecule has 0 saturated carbocycles. The first-order chi connectivity index (χ1) is 12.9. The third-order valence-corrected chi connectivity index (χ3v) is 5.64. The van der Waals surface area contributed by atoms with E-state index in [4.69, 9.17) is 28.6 Å². The van der Waals surface area contributed by atoms with Crippen LogP contribution in [0.4, 0.5) is 0 Å². The number of methoxy groups -OCH3 is 1.